The minimum atomic E-state index is -0.846. The molecule has 0 saturated carbocycles. The van der Waals surface area contributed by atoms with E-state index in [4.69, 9.17) is 5.11 Å². The molecule has 0 aromatic heterocycles. The molecule has 4 nitrogen and oxygen atoms in total. The summed E-state index contributed by atoms with van der Waals surface area (Å²) in [5.41, 5.74) is -0.824. The van der Waals surface area contributed by atoms with Gasteiger partial charge in [0, 0.05) is 6.42 Å². The zero-order valence-corrected chi connectivity index (χ0v) is 15.6. The summed E-state index contributed by atoms with van der Waals surface area (Å²) in [6, 6.07) is 0. The molecule has 0 fully saturated rings. The average Bonchev–Trinajstić information content (AvgIpc) is 2.43. The van der Waals surface area contributed by atoms with Gasteiger partial charge in [-0.05, 0) is 30.6 Å². The third-order valence-electron chi connectivity index (χ3n) is 5.26. The lowest BCUT2D eigenvalue weighted by Crippen LogP contribution is -2.45. The highest BCUT2D eigenvalue weighted by molar-refractivity contribution is 5.75. The molecule has 0 aliphatic rings. The van der Waals surface area contributed by atoms with Gasteiger partial charge in [-0.25, -0.2) is 0 Å². The van der Waals surface area contributed by atoms with Crippen molar-refractivity contribution in [3.05, 3.63) is 0 Å². The van der Waals surface area contributed by atoms with Gasteiger partial charge in [0.2, 0.25) is 0 Å². The topological polar surface area (TPSA) is 74.6 Å². The fourth-order valence-electron chi connectivity index (χ4n) is 3.90. The van der Waals surface area contributed by atoms with Crippen LogP contribution >= 0.6 is 0 Å². The zero-order valence-electron chi connectivity index (χ0n) is 15.6. The molecule has 0 amide bonds. The molecule has 0 spiro atoms. The summed E-state index contributed by atoms with van der Waals surface area (Å²) in [4.78, 5) is 23.2. The fourth-order valence-corrected chi connectivity index (χ4v) is 3.90. The normalized spacial score (nSPS) is 15.6. The molecule has 0 aromatic carbocycles. The van der Waals surface area contributed by atoms with E-state index in [0.29, 0.717) is 12.8 Å². The summed E-state index contributed by atoms with van der Waals surface area (Å²) >= 11 is 0. The molecule has 0 radical (unpaired) electrons. The summed E-state index contributed by atoms with van der Waals surface area (Å²) in [5, 5.41) is 19.0. The fraction of sp³-hybridized carbons (Fsp3) is 0.895. The van der Waals surface area contributed by atoms with Crippen LogP contribution in [0, 0.1) is 23.2 Å². The molecule has 0 rings (SSSR count). The van der Waals surface area contributed by atoms with Gasteiger partial charge in [0.25, 0.3) is 0 Å². The molecular formula is C19H36O4. The molecule has 2 unspecified atom stereocenters. The average molecular weight is 328 g/mol. The number of hydrogen-bond donors (Lipinski definition) is 2. The van der Waals surface area contributed by atoms with E-state index >= 15 is 0 Å². The van der Waals surface area contributed by atoms with Crippen molar-refractivity contribution in [1.82, 2.24) is 0 Å². The van der Waals surface area contributed by atoms with Crippen LogP contribution in [-0.4, -0.2) is 22.2 Å². The number of unbranched alkanes of at least 4 members (excludes halogenated alkanes) is 4. The first-order chi connectivity index (χ1) is 10.7. The maximum Gasteiger partial charge on any atom is 0.310 e. The summed E-state index contributed by atoms with van der Waals surface area (Å²) in [5.74, 6) is -1.56. The van der Waals surface area contributed by atoms with Crippen LogP contribution in [0.4, 0.5) is 0 Å². The second kappa shape index (κ2) is 10.7. The highest BCUT2D eigenvalue weighted by Crippen LogP contribution is 2.47. The van der Waals surface area contributed by atoms with E-state index in [9.17, 15) is 14.7 Å². The Labute approximate surface area is 141 Å². The number of carboxylic acid groups (broad SMARTS) is 2. The second-order valence-corrected chi connectivity index (χ2v) is 7.45. The minimum absolute atomic E-state index is 0.00706. The standard InChI is InChI=1S/C19H36O4/c1-6-7-8-9-10-13-19(15(4)5,18(22)23)16(14(2)3)11-12-17(20)21/h14-16H,6-13H2,1-5H3,(H,20,21)(H,22,23). The number of hydrogen-bond acceptors (Lipinski definition) is 2. The van der Waals surface area contributed by atoms with Gasteiger partial charge < -0.3 is 10.2 Å². The lowest BCUT2D eigenvalue weighted by atomic mass is 9.60. The van der Waals surface area contributed by atoms with Crippen LogP contribution in [0.5, 0.6) is 0 Å². The van der Waals surface area contributed by atoms with Gasteiger partial charge in [-0.1, -0.05) is 66.7 Å². The zero-order chi connectivity index (χ0) is 18.0. The highest BCUT2D eigenvalue weighted by atomic mass is 16.4. The van der Waals surface area contributed by atoms with Crippen molar-refractivity contribution in [1.29, 1.82) is 0 Å². The van der Waals surface area contributed by atoms with Crippen LogP contribution in [0.25, 0.3) is 0 Å². The van der Waals surface area contributed by atoms with Gasteiger partial charge in [-0.2, -0.15) is 0 Å². The summed E-state index contributed by atoms with van der Waals surface area (Å²) < 4.78 is 0. The first-order valence-electron chi connectivity index (χ1n) is 9.15. The predicted octanol–water partition coefficient (Wildman–Crippen LogP) is 5.21. The monoisotopic (exact) mass is 328 g/mol. The summed E-state index contributed by atoms with van der Waals surface area (Å²) in [6.07, 6.45) is 6.58. The SMILES string of the molecule is CCCCCCCC(C(=O)O)(C(C)C)C(CCC(=O)O)C(C)C. The van der Waals surface area contributed by atoms with E-state index in [2.05, 4.69) is 6.92 Å². The van der Waals surface area contributed by atoms with Crippen molar-refractivity contribution in [3.63, 3.8) is 0 Å². The summed E-state index contributed by atoms with van der Waals surface area (Å²) in [6.45, 7) is 10.1. The summed E-state index contributed by atoms with van der Waals surface area (Å²) in [7, 11) is 0. The van der Waals surface area contributed by atoms with Gasteiger partial charge in [0.15, 0.2) is 0 Å². The number of aliphatic carboxylic acids is 2. The van der Waals surface area contributed by atoms with Gasteiger partial charge in [0.1, 0.15) is 0 Å². The number of rotatable bonds is 13. The molecule has 0 aliphatic heterocycles. The number of carbonyl (C=O) groups is 2. The largest absolute Gasteiger partial charge is 0.481 e. The molecular weight excluding hydrogens is 292 g/mol. The Morgan fingerprint density at radius 1 is 0.957 bits per heavy atom. The maximum atomic E-state index is 12.2. The predicted molar refractivity (Wildman–Crippen MR) is 93.5 cm³/mol. The molecule has 0 aliphatic carbocycles. The molecule has 2 atom stereocenters. The van der Waals surface area contributed by atoms with Crippen molar-refractivity contribution < 1.29 is 19.8 Å². The van der Waals surface area contributed by atoms with E-state index < -0.39 is 17.4 Å². The van der Waals surface area contributed by atoms with E-state index in [1.165, 1.54) is 12.8 Å². The van der Waals surface area contributed by atoms with Gasteiger partial charge >= 0.3 is 11.9 Å². The third kappa shape index (κ3) is 6.52. The van der Waals surface area contributed by atoms with Crippen LogP contribution in [0.15, 0.2) is 0 Å². The van der Waals surface area contributed by atoms with Crippen molar-refractivity contribution in [2.75, 3.05) is 0 Å². The van der Waals surface area contributed by atoms with Gasteiger partial charge in [-0.3, -0.25) is 9.59 Å². The van der Waals surface area contributed by atoms with Crippen molar-refractivity contribution in [3.8, 4) is 0 Å². The third-order valence-corrected chi connectivity index (χ3v) is 5.26. The molecule has 2 N–H and O–H groups in total. The number of carboxylic acids is 2. The molecule has 4 heteroatoms. The van der Waals surface area contributed by atoms with Crippen LogP contribution < -0.4 is 0 Å². The quantitative estimate of drug-likeness (QED) is 0.455. The first-order valence-corrected chi connectivity index (χ1v) is 9.15. The lowest BCUT2D eigenvalue weighted by Gasteiger charge is -2.43. The van der Waals surface area contributed by atoms with Crippen LogP contribution in [0.3, 0.4) is 0 Å². The Morgan fingerprint density at radius 3 is 1.91 bits per heavy atom. The molecule has 0 saturated heterocycles. The Balaban J connectivity index is 5.26. The van der Waals surface area contributed by atoms with E-state index in [1.807, 2.05) is 27.7 Å². The van der Waals surface area contributed by atoms with Crippen LogP contribution in [0.2, 0.25) is 0 Å². The van der Waals surface area contributed by atoms with Gasteiger partial charge in [0.05, 0.1) is 5.41 Å². The van der Waals surface area contributed by atoms with E-state index in [-0.39, 0.29) is 24.2 Å². The molecule has 136 valence electrons. The highest BCUT2D eigenvalue weighted by Gasteiger charge is 2.48. The minimum Gasteiger partial charge on any atom is -0.481 e. The first kappa shape index (κ1) is 21.9. The lowest BCUT2D eigenvalue weighted by molar-refractivity contribution is -0.160. The van der Waals surface area contributed by atoms with Crippen molar-refractivity contribution in [2.45, 2.75) is 86.0 Å². The molecule has 0 aromatic rings. The van der Waals surface area contributed by atoms with E-state index in [0.717, 1.165) is 19.3 Å². The van der Waals surface area contributed by atoms with Crippen molar-refractivity contribution >= 4 is 11.9 Å². The molecule has 23 heavy (non-hydrogen) atoms. The van der Waals surface area contributed by atoms with Crippen LogP contribution in [-0.2, 0) is 9.59 Å². The van der Waals surface area contributed by atoms with Crippen molar-refractivity contribution in [2.24, 2.45) is 23.2 Å². The maximum absolute atomic E-state index is 12.2. The Kier molecular flexibility index (Phi) is 10.2. The molecule has 0 heterocycles. The second-order valence-electron chi connectivity index (χ2n) is 7.45. The Bertz CT molecular complexity index is 362. The van der Waals surface area contributed by atoms with Gasteiger partial charge in [-0.15, -0.1) is 0 Å². The Morgan fingerprint density at radius 2 is 1.52 bits per heavy atom. The van der Waals surface area contributed by atoms with Crippen LogP contribution in [0.1, 0.15) is 86.0 Å². The molecule has 0 bridgehead atoms. The smallest absolute Gasteiger partial charge is 0.310 e. The Hall–Kier alpha value is -1.06. The van der Waals surface area contributed by atoms with E-state index in [1.54, 1.807) is 0 Å².